The predicted molar refractivity (Wildman–Crippen MR) is 123 cm³/mol. The van der Waals surface area contributed by atoms with Gasteiger partial charge in [-0.25, -0.2) is 0 Å². The first-order valence-corrected chi connectivity index (χ1v) is 10.5. The zero-order valence-electron chi connectivity index (χ0n) is 17.7. The molecule has 1 aliphatic heterocycles. The lowest BCUT2D eigenvalue weighted by Gasteiger charge is -2.15. The average Bonchev–Trinajstić information content (AvgIpc) is 3.09. The standard InChI is InChI=1S/C25H22ClN3O3/c1-16-6-8-19(9-7-16)24(30)27-22-23(18-10-12-20(26)13-11-18)29(28-25(22)31)15-17-4-3-5-21(14-17)32-2/h3-15,22-23H,1-2H3,(H-,27,28,30,31)/p+1/b29-15-/t22-,23+/m1/s1. The number of methoxy groups -OCH3 is 1. The Morgan fingerprint density at radius 1 is 1.09 bits per heavy atom. The number of nitrogens with one attached hydrogen (secondary N) is 2. The Hall–Kier alpha value is -3.64. The quantitative estimate of drug-likeness (QED) is 0.585. The average molecular weight is 449 g/mol. The highest BCUT2D eigenvalue weighted by Gasteiger charge is 2.47. The summed E-state index contributed by atoms with van der Waals surface area (Å²) in [5, 5.41) is 3.49. The van der Waals surface area contributed by atoms with Gasteiger partial charge in [-0.3, -0.25) is 9.59 Å². The predicted octanol–water partition coefficient (Wildman–Crippen LogP) is 3.67. The van der Waals surface area contributed by atoms with Crippen molar-refractivity contribution in [2.24, 2.45) is 0 Å². The van der Waals surface area contributed by atoms with Crippen LogP contribution in [0.2, 0.25) is 5.02 Å². The molecule has 0 spiro atoms. The Bertz CT molecular complexity index is 1170. The molecular weight excluding hydrogens is 426 g/mol. The minimum Gasteiger partial charge on any atom is -0.497 e. The van der Waals surface area contributed by atoms with Gasteiger partial charge in [-0.15, -0.1) is 10.1 Å². The van der Waals surface area contributed by atoms with Crippen molar-refractivity contribution in [1.29, 1.82) is 0 Å². The molecule has 162 valence electrons. The number of aryl methyl sites for hydroxylation is 1. The lowest BCUT2D eigenvalue weighted by atomic mass is 9.99. The van der Waals surface area contributed by atoms with E-state index in [1.807, 2.05) is 61.7 Å². The van der Waals surface area contributed by atoms with Crippen LogP contribution in [0.1, 0.15) is 33.1 Å². The van der Waals surface area contributed by atoms with E-state index in [9.17, 15) is 9.59 Å². The Kier molecular flexibility index (Phi) is 6.23. The number of hydrazone groups is 1. The van der Waals surface area contributed by atoms with Crippen LogP contribution in [0.25, 0.3) is 0 Å². The monoisotopic (exact) mass is 448 g/mol. The number of hydrazine groups is 1. The molecule has 0 radical (unpaired) electrons. The zero-order valence-corrected chi connectivity index (χ0v) is 18.5. The second-order valence-corrected chi connectivity index (χ2v) is 8.04. The molecule has 1 aliphatic rings. The first kappa shape index (κ1) is 21.6. The van der Waals surface area contributed by atoms with E-state index < -0.39 is 12.1 Å². The summed E-state index contributed by atoms with van der Waals surface area (Å²) in [5.41, 5.74) is 6.09. The van der Waals surface area contributed by atoms with Gasteiger partial charge in [0.1, 0.15) is 5.75 Å². The van der Waals surface area contributed by atoms with Crippen molar-refractivity contribution >= 4 is 29.6 Å². The van der Waals surface area contributed by atoms with Gasteiger partial charge in [0.25, 0.3) is 5.91 Å². The van der Waals surface area contributed by atoms with E-state index in [-0.39, 0.29) is 11.8 Å². The van der Waals surface area contributed by atoms with Crippen molar-refractivity contribution in [2.45, 2.75) is 19.0 Å². The maximum absolute atomic E-state index is 12.9. The van der Waals surface area contributed by atoms with E-state index >= 15 is 0 Å². The Morgan fingerprint density at radius 2 is 1.81 bits per heavy atom. The summed E-state index contributed by atoms with van der Waals surface area (Å²) >= 11 is 6.07. The van der Waals surface area contributed by atoms with E-state index in [4.69, 9.17) is 16.3 Å². The normalized spacial score (nSPS) is 19.0. The summed E-state index contributed by atoms with van der Waals surface area (Å²) in [6.07, 6.45) is 1.82. The molecule has 4 rings (SSSR count). The summed E-state index contributed by atoms with van der Waals surface area (Å²) in [5.74, 6) is 0.0911. The number of halogens is 1. The number of hydrogen-bond donors (Lipinski definition) is 2. The summed E-state index contributed by atoms with van der Waals surface area (Å²) in [6, 6.07) is 20.7. The Morgan fingerprint density at radius 3 is 2.50 bits per heavy atom. The third-order valence-corrected chi connectivity index (χ3v) is 5.58. The molecule has 6 nitrogen and oxygen atoms in total. The number of rotatable bonds is 5. The molecule has 1 fully saturated rings. The lowest BCUT2D eigenvalue weighted by Crippen LogP contribution is -2.42. The van der Waals surface area contributed by atoms with Gasteiger partial charge >= 0.3 is 5.91 Å². The molecule has 0 bridgehead atoms. The van der Waals surface area contributed by atoms with Crippen LogP contribution in [0.15, 0.2) is 72.8 Å². The first-order valence-electron chi connectivity index (χ1n) is 10.2. The van der Waals surface area contributed by atoms with Gasteiger partial charge in [0.2, 0.25) is 12.3 Å². The molecule has 1 heterocycles. The van der Waals surface area contributed by atoms with E-state index in [2.05, 4.69) is 10.7 Å². The fourth-order valence-electron chi connectivity index (χ4n) is 3.65. The highest BCUT2D eigenvalue weighted by molar-refractivity contribution is 6.30. The van der Waals surface area contributed by atoms with E-state index in [1.54, 1.807) is 36.1 Å². The van der Waals surface area contributed by atoms with Crippen LogP contribution in [-0.4, -0.2) is 35.9 Å². The van der Waals surface area contributed by atoms with Crippen LogP contribution in [0.4, 0.5) is 0 Å². The van der Waals surface area contributed by atoms with Crippen LogP contribution < -0.4 is 15.5 Å². The maximum atomic E-state index is 12.9. The largest absolute Gasteiger partial charge is 0.497 e. The highest BCUT2D eigenvalue weighted by atomic mass is 35.5. The fourth-order valence-corrected chi connectivity index (χ4v) is 3.78. The Labute approximate surface area is 191 Å². The highest BCUT2D eigenvalue weighted by Crippen LogP contribution is 2.27. The van der Waals surface area contributed by atoms with Gasteiger partial charge < -0.3 is 10.1 Å². The molecule has 0 unspecified atom stereocenters. The molecule has 2 atom stereocenters. The summed E-state index contributed by atoms with van der Waals surface area (Å²) in [7, 11) is 1.60. The summed E-state index contributed by atoms with van der Waals surface area (Å²) in [6.45, 7) is 1.95. The van der Waals surface area contributed by atoms with Crippen molar-refractivity contribution in [3.63, 3.8) is 0 Å². The molecule has 7 heteroatoms. The molecule has 2 amide bonds. The number of ether oxygens (including phenoxy) is 1. The molecule has 0 aromatic heterocycles. The minimum absolute atomic E-state index is 0.301. The van der Waals surface area contributed by atoms with Crippen molar-refractivity contribution in [3.05, 3.63) is 100 Å². The SMILES string of the molecule is COc1cccc(/C=[N+]2\NC(=O)[C@H](NC(=O)c3ccc(C)cc3)[C@@H]2c2ccc(Cl)cc2)c1. The molecular formula is C25H23ClN3O3+. The van der Waals surface area contributed by atoms with Gasteiger partial charge in [-0.2, -0.15) is 0 Å². The van der Waals surface area contributed by atoms with E-state index in [1.165, 1.54) is 0 Å². The molecule has 0 aliphatic carbocycles. The van der Waals surface area contributed by atoms with Gasteiger partial charge in [0.15, 0.2) is 6.04 Å². The molecule has 2 N–H and O–H groups in total. The second-order valence-electron chi connectivity index (χ2n) is 7.60. The number of carbonyl (C=O) groups excluding carboxylic acids is 2. The fraction of sp³-hybridized carbons (Fsp3) is 0.160. The van der Waals surface area contributed by atoms with Crippen LogP contribution in [0, 0.1) is 6.92 Å². The van der Waals surface area contributed by atoms with Crippen LogP contribution in [0.5, 0.6) is 5.75 Å². The number of benzene rings is 3. The summed E-state index contributed by atoms with van der Waals surface area (Å²) < 4.78 is 7.01. The topological polar surface area (TPSA) is 70.4 Å². The van der Waals surface area contributed by atoms with Gasteiger partial charge in [0, 0.05) is 21.7 Å². The van der Waals surface area contributed by atoms with Crippen molar-refractivity contribution < 1.29 is 19.0 Å². The maximum Gasteiger partial charge on any atom is 0.304 e. The molecule has 1 saturated heterocycles. The number of carbonyl (C=O) groups is 2. The number of nitrogens with zero attached hydrogens (tertiary/aromatic N) is 1. The zero-order chi connectivity index (χ0) is 22.7. The molecule has 3 aromatic rings. The summed E-state index contributed by atoms with van der Waals surface area (Å²) in [4.78, 5) is 25.8. The third-order valence-electron chi connectivity index (χ3n) is 5.33. The smallest absolute Gasteiger partial charge is 0.304 e. The van der Waals surface area contributed by atoms with Gasteiger partial charge in [0.05, 0.1) is 7.11 Å². The minimum atomic E-state index is -0.799. The van der Waals surface area contributed by atoms with Crippen molar-refractivity contribution in [1.82, 2.24) is 10.7 Å². The van der Waals surface area contributed by atoms with Crippen LogP contribution >= 0.6 is 11.6 Å². The molecule has 0 saturated carbocycles. The van der Waals surface area contributed by atoms with Crippen LogP contribution in [-0.2, 0) is 4.79 Å². The van der Waals surface area contributed by atoms with Crippen molar-refractivity contribution in [2.75, 3.05) is 7.11 Å². The van der Waals surface area contributed by atoms with E-state index in [0.717, 1.165) is 16.7 Å². The third kappa shape index (κ3) is 4.65. The lowest BCUT2D eigenvalue weighted by molar-refractivity contribution is -0.596. The molecule has 3 aromatic carbocycles. The van der Waals surface area contributed by atoms with Gasteiger partial charge in [-0.1, -0.05) is 47.5 Å². The molecule has 32 heavy (non-hydrogen) atoms. The van der Waals surface area contributed by atoms with Crippen LogP contribution in [0.3, 0.4) is 0 Å². The number of hydrogen-bond acceptors (Lipinski definition) is 3. The van der Waals surface area contributed by atoms with Gasteiger partial charge in [-0.05, 0) is 49.4 Å². The number of amides is 2. The first-order chi connectivity index (χ1) is 15.4. The Balaban J connectivity index is 1.70. The second kappa shape index (κ2) is 9.24. The van der Waals surface area contributed by atoms with Crippen molar-refractivity contribution in [3.8, 4) is 5.75 Å². The van der Waals surface area contributed by atoms with E-state index in [0.29, 0.717) is 16.3 Å².